The highest BCUT2D eigenvalue weighted by Crippen LogP contribution is 2.23. The number of hydrogen-bond acceptors (Lipinski definition) is 3. The number of benzene rings is 2. The van der Waals surface area contributed by atoms with Crippen molar-refractivity contribution >= 4 is 35.0 Å². The second-order valence-corrected chi connectivity index (χ2v) is 5.92. The van der Waals surface area contributed by atoms with E-state index in [9.17, 15) is 18.8 Å². The molecule has 0 aromatic heterocycles. The van der Waals surface area contributed by atoms with Crippen LogP contribution >= 0.6 is 11.6 Å². The molecule has 0 bridgehead atoms. The van der Waals surface area contributed by atoms with Crippen molar-refractivity contribution in [2.24, 2.45) is 0 Å². The lowest BCUT2D eigenvalue weighted by molar-refractivity contribution is -0.121. The first kappa shape index (κ1) is 19.4. The van der Waals surface area contributed by atoms with Crippen molar-refractivity contribution in [3.63, 3.8) is 0 Å². The summed E-state index contributed by atoms with van der Waals surface area (Å²) >= 11 is 5.97. The highest BCUT2D eigenvalue weighted by atomic mass is 35.5. The van der Waals surface area contributed by atoms with E-state index in [0.29, 0.717) is 5.02 Å². The molecule has 3 amide bonds. The zero-order valence-corrected chi connectivity index (χ0v) is 14.9. The molecule has 0 heterocycles. The smallest absolute Gasteiger partial charge is 0.256 e. The molecule has 0 radical (unpaired) electrons. The average Bonchev–Trinajstić information content (AvgIpc) is 2.61. The first-order valence-electron chi connectivity index (χ1n) is 7.64. The van der Waals surface area contributed by atoms with E-state index in [2.05, 4.69) is 10.6 Å². The van der Waals surface area contributed by atoms with Gasteiger partial charge in [0.25, 0.3) is 11.8 Å². The molecule has 0 atom stereocenters. The van der Waals surface area contributed by atoms with Gasteiger partial charge in [-0.05, 0) is 42.5 Å². The number of carbonyl (C=O) groups is 3. The van der Waals surface area contributed by atoms with Crippen LogP contribution in [0.5, 0.6) is 0 Å². The van der Waals surface area contributed by atoms with E-state index in [1.807, 2.05) is 0 Å². The number of carbonyl (C=O) groups excluding carboxylic acids is 3. The minimum Gasteiger partial charge on any atom is -0.358 e. The number of rotatable bonds is 5. The van der Waals surface area contributed by atoms with Gasteiger partial charge in [-0.1, -0.05) is 11.6 Å². The summed E-state index contributed by atoms with van der Waals surface area (Å²) in [5.74, 6) is -1.77. The summed E-state index contributed by atoms with van der Waals surface area (Å²) in [7, 11) is 2.94. The van der Waals surface area contributed by atoms with E-state index in [0.717, 1.165) is 12.1 Å². The summed E-state index contributed by atoms with van der Waals surface area (Å²) in [6, 6.07) is 9.39. The summed E-state index contributed by atoms with van der Waals surface area (Å²) in [6.45, 7) is -0.136. The molecule has 26 heavy (non-hydrogen) atoms. The van der Waals surface area contributed by atoms with Gasteiger partial charge < -0.3 is 15.5 Å². The van der Waals surface area contributed by atoms with Crippen molar-refractivity contribution < 1.29 is 18.8 Å². The third kappa shape index (κ3) is 4.80. The molecule has 2 rings (SSSR count). The van der Waals surface area contributed by atoms with Crippen LogP contribution in [0.3, 0.4) is 0 Å². The Morgan fingerprint density at radius 1 is 1.12 bits per heavy atom. The van der Waals surface area contributed by atoms with Crippen molar-refractivity contribution in [2.45, 2.75) is 0 Å². The number of likely N-dealkylation sites (N-methyl/N-ethyl adjacent to an activating group) is 2. The van der Waals surface area contributed by atoms with Gasteiger partial charge in [0.2, 0.25) is 5.91 Å². The number of amides is 3. The Bertz CT molecular complexity index is 840. The van der Waals surface area contributed by atoms with Gasteiger partial charge in [-0.2, -0.15) is 0 Å². The lowest BCUT2D eigenvalue weighted by Crippen LogP contribution is -2.37. The zero-order valence-electron chi connectivity index (χ0n) is 14.2. The lowest BCUT2D eigenvalue weighted by Gasteiger charge is -2.18. The van der Waals surface area contributed by atoms with Crippen LogP contribution in [0.15, 0.2) is 42.5 Å². The molecule has 6 nitrogen and oxygen atoms in total. The summed E-state index contributed by atoms with van der Waals surface area (Å²) in [6.07, 6.45) is 0. The highest BCUT2D eigenvalue weighted by molar-refractivity contribution is 6.31. The van der Waals surface area contributed by atoms with Gasteiger partial charge in [-0.3, -0.25) is 14.4 Å². The van der Waals surface area contributed by atoms with Crippen molar-refractivity contribution in [2.75, 3.05) is 26.0 Å². The van der Waals surface area contributed by atoms with Crippen molar-refractivity contribution in [3.8, 4) is 0 Å². The maximum atomic E-state index is 13.0. The average molecular weight is 378 g/mol. The van der Waals surface area contributed by atoms with Crippen molar-refractivity contribution in [1.29, 1.82) is 0 Å². The predicted molar refractivity (Wildman–Crippen MR) is 96.8 cm³/mol. The minimum absolute atomic E-state index is 0.136. The lowest BCUT2D eigenvalue weighted by atomic mass is 10.1. The summed E-state index contributed by atoms with van der Waals surface area (Å²) in [5.41, 5.74) is 0.598. The molecule has 0 aliphatic carbocycles. The molecular weight excluding hydrogens is 361 g/mol. The normalized spacial score (nSPS) is 10.2. The topological polar surface area (TPSA) is 78.5 Å². The van der Waals surface area contributed by atoms with Gasteiger partial charge in [0, 0.05) is 24.7 Å². The van der Waals surface area contributed by atoms with E-state index < -0.39 is 17.6 Å². The molecule has 0 spiro atoms. The Hall–Kier alpha value is -2.93. The molecule has 136 valence electrons. The predicted octanol–water partition coefficient (Wildman–Crippen LogP) is 2.55. The Balaban J connectivity index is 2.26. The van der Waals surface area contributed by atoms with Gasteiger partial charge in [0.1, 0.15) is 5.82 Å². The van der Waals surface area contributed by atoms with E-state index in [1.54, 1.807) is 0 Å². The third-order valence-electron chi connectivity index (χ3n) is 3.57. The molecule has 0 aliphatic rings. The van der Waals surface area contributed by atoms with Gasteiger partial charge in [-0.25, -0.2) is 4.39 Å². The van der Waals surface area contributed by atoms with Crippen LogP contribution in [0.2, 0.25) is 5.02 Å². The molecule has 2 N–H and O–H groups in total. The minimum atomic E-state index is -0.518. The van der Waals surface area contributed by atoms with Crippen LogP contribution in [0.1, 0.15) is 20.7 Å². The second kappa shape index (κ2) is 8.44. The highest BCUT2D eigenvalue weighted by Gasteiger charge is 2.19. The summed E-state index contributed by atoms with van der Waals surface area (Å²) < 4.78 is 13.0. The monoisotopic (exact) mass is 377 g/mol. The zero-order chi connectivity index (χ0) is 19.3. The Kier molecular flexibility index (Phi) is 6.30. The third-order valence-corrected chi connectivity index (χ3v) is 3.81. The van der Waals surface area contributed by atoms with Crippen LogP contribution < -0.4 is 10.6 Å². The molecule has 0 saturated carbocycles. The summed E-state index contributed by atoms with van der Waals surface area (Å²) in [5, 5.41) is 5.35. The van der Waals surface area contributed by atoms with Crippen LogP contribution in [0.25, 0.3) is 0 Å². The second-order valence-electron chi connectivity index (χ2n) is 5.49. The van der Waals surface area contributed by atoms with Gasteiger partial charge in [0.15, 0.2) is 0 Å². The summed E-state index contributed by atoms with van der Waals surface area (Å²) in [4.78, 5) is 37.6. The molecule has 0 aliphatic heterocycles. The number of anilines is 1. The fraction of sp³-hybridized carbons (Fsp3) is 0.167. The molecular formula is C18H17ClFN3O3. The molecule has 8 heteroatoms. The first-order chi connectivity index (χ1) is 12.3. The Morgan fingerprint density at radius 3 is 2.38 bits per heavy atom. The maximum absolute atomic E-state index is 13.0. The van der Waals surface area contributed by atoms with Crippen LogP contribution in [0, 0.1) is 5.82 Å². The number of nitrogens with zero attached hydrogens (tertiary/aromatic N) is 1. The molecule has 0 saturated heterocycles. The van der Waals surface area contributed by atoms with Crippen molar-refractivity contribution in [3.05, 3.63) is 64.4 Å². The first-order valence-corrected chi connectivity index (χ1v) is 8.02. The van der Waals surface area contributed by atoms with E-state index in [1.165, 1.54) is 49.3 Å². The standard InChI is InChI=1S/C18H17ClFN3O3/c1-21-16(24)10-23(2)18(26)14-8-5-12(19)9-15(14)22-17(25)11-3-6-13(20)7-4-11/h3-9H,10H2,1-2H3,(H,21,24)(H,22,25). The Labute approximate surface area is 154 Å². The Morgan fingerprint density at radius 2 is 1.77 bits per heavy atom. The van der Waals surface area contributed by atoms with Gasteiger partial charge in [-0.15, -0.1) is 0 Å². The van der Waals surface area contributed by atoms with E-state index >= 15 is 0 Å². The maximum Gasteiger partial charge on any atom is 0.256 e. The largest absolute Gasteiger partial charge is 0.358 e. The molecule has 2 aromatic rings. The quantitative estimate of drug-likeness (QED) is 0.840. The van der Waals surface area contributed by atoms with Crippen LogP contribution in [0.4, 0.5) is 10.1 Å². The molecule has 0 unspecified atom stereocenters. The number of halogens is 2. The van der Waals surface area contributed by atoms with Crippen molar-refractivity contribution in [1.82, 2.24) is 10.2 Å². The molecule has 0 fully saturated rings. The molecule has 2 aromatic carbocycles. The fourth-order valence-corrected chi connectivity index (χ4v) is 2.35. The van der Waals surface area contributed by atoms with Gasteiger partial charge in [0.05, 0.1) is 17.8 Å². The van der Waals surface area contributed by atoms with E-state index in [-0.39, 0.29) is 29.3 Å². The number of nitrogens with one attached hydrogen (secondary N) is 2. The SMILES string of the molecule is CNC(=O)CN(C)C(=O)c1ccc(Cl)cc1NC(=O)c1ccc(F)cc1. The van der Waals surface area contributed by atoms with Crippen LogP contribution in [-0.4, -0.2) is 43.3 Å². The van der Waals surface area contributed by atoms with Gasteiger partial charge >= 0.3 is 0 Å². The van der Waals surface area contributed by atoms with Crippen LogP contribution in [-0.2, 0) is 4.79 Å². The fourth-order valence-electron chi connectivity index (χ4n) is 2.17. The van der Waals surface area contributed by atoms with E-state index in [4.69, 9.17) is 11.6 Å². The number of hydrogen-bond donors (Lipinski definition) is 2.